The van der Waals surface area contributed by atoms with Crippen LogP contribution >= 0.6 is 11.6 Å². The number of nitrogens with one attached hydrogen (secondary N) is 1. The van der Waals surface area contributed by atoms with Crippen LogP contribution < -0.4 is 10.1 Å². The van der Waals surface area contributed by atoms with Crippen molar-refractivity contribution in [1.29, 1.82) is 0 Å². The molecule has 1 unspecified atom stereocenters. The summed E-state index contributed by atoms with van der Waals surface area (Å²) < 4.78 is 38.0. The summed E-state index contributed by atoms with van der Waals surface area (Å²) in [6.07, 6.45) is 0.837. The van der Waals surface area contributed by atoms with Gasteiger partial charge in [-0.15, -0.1) is 0 Å². The second kappa shape index (κ2) is 13.9. The lowest BCUT2D eigenvalue weighted by Crippen LogP contribution is -2.49. The molecule has 1 saturated heterocycles. The molecule has 0 bridgehead atoms. The molecule has 1 aliphatic rings. The number of hydrogen-bond donors (Lipinski definition) is 1. The Morgan fingerprint density at radius 3 is 2.29 bits per heavy atom. The molecule has 1 fully saturated rings. The molecule has 1 N–H and O–H groups in total. The predicted molar refractivity (Wildman–Crippen MR) is 145 cm³/mol. The van der Waals surface area contributed by atoms with E-state index in [0.717, 1.165) is 12.0 Å². The number of amides is 2. The fourth-order valence-corrected chi connectivity index (χ4v) is 5.41. The summed E-state index contributed by atoms with van der Waals surface area (Å²) in [6, 6.07) is 12.3. The van der Waals surface area contributed by atoms with Gasteiger partial charge in [-0.2, -0.15) is 4.31 Å². The summed E-state index contributed by atoms with van der Waals surface area (Å²) in [5.74, 6) is 0.169. The zero-order valence-corrected chi connectivity index (χ0v) is 23.6. The Bertz CT molecular complexity index is 1170. The van der Waals surface area contributed by atoms with Crippen LogP contribution in [-0.4, -0.2) is 74.9 Å². The van der Waals surface area contributed by atoms with Gasteiger partial charge in [0.1, 0.15) is 11.8 Å². The summed E-state index contributed by atoms with van der Waals surface area (Å²) in [5, 5.41) is 3.48. The maximum Gasteiger partial charge on any atom is 0.261 e. The third-order valence-corrected chi connectivity index (χ3v) is 8.41. The molecule has 1 heterocycles. The quantitative estimate of drug-likeness (QED) is 0.423. The molecular weight excluding hydrogens is 530 g/mol. The minimum absolute atomic E-state index is 0.147. The van der Waals surface area contributed by atoms with Crippen molar-refractivity contribution in [3.8, 4) is 5.75 Å². The second-order valence-electron chi connectivity index (χ2n) is 9.57. The zero-order valence-electron chi connectivity index (χ0n) is 22.1. The first-order valence-electron chi connectivity index (χ1n) is 12.7. The van der Waals surface area contributed by atoms with Gasteiger partial charge in [0.25, 0.3) is 5.91 Å². The van der Waals surface area contributed by atoms with Crippen LogP contribution in [-0.2, 0) is 30.9 Å². The summed E-state index contributed by atoms with van der Waals surface area (Å²) in [6.45, 7) is 7.60. The van der Waals surface area contributed by atoms with Gasteiger partial charge in [0.05, 0.1) is 18.1 Å². The molecule has 11 heteroatoms. The highest BCUT2D eigenvalue weighted by molar-refractivity contribution is 7.89. The fraction of sp³-hybridized carbons (Fsp3) is 0.481. The number of carbonyl (C=O) groups is 2. The average molecular weight is 566 g/mol. The highest BCUT2D eigenvalue weighted by atomic mass is 35.5. The van der Waals surface area contributed by atoms with Crippen LogP contribution in [0, 0.1) is 5.92 Å². The zero-order chi connectivity index (χ0) is 27.7. The Labute approximate surface area is 230 Å². The number of morpholine rings is 1. The maximum absolute atomic E-state index is 13.2. The molecule has 0 aromatic heterocycles. The molecule has 38 heavy (non-hydrogen) atoms. The van der Waals surface area contributed by atoms with E-state index >= 15 is 0 Å². The van der Waals surface area contributed by atoms with Gasteiger partial charge < -0.3 is 19.7 Å². The lowest BCUT2D eigenvalue weighted by atomic mass is 10.1. The van der Waals surface area contributed by atoms with E-state index in [9.17, 15) is 18.0 Å². The van der Waals surface area contributed by atoms with E-state index in [0.29, 0.717) is 49.5 Å². The molecule has 0 saturated carbocycles. The van der Waals surface area contributed by atoms with Crippen LogP contribution in [0.5, 0.6) is 5.75 Å². The lowest BCUT2D eigenvalue weighted by molar-refractivity contribution is -0.142. The first-order chi connectivity index (χ1) is 18.1. The Morgan fingerprint density at radius 1 is 1.05 bits per heavy atom. The molecule has 3 rings (SSSR count). The summed E-state index contributed by atoms with van der Waals surface area (Å²) in [5.41, 5.74) is 0.822. The minimum Gasteiger partial charge on any atom is -0.484 e. The fourth-order valence-electron chi connectivity index (χ4n) is 3.87. The van der Waals surface area contributed by atoms with Crippen LogP contribution in [0.25, 0.3) is 0 Å². The first-order valence-corrected chi connectivity index (χ1v) is 14.5. The molecule has 0 radical (unpaired) electrons. The van der Waals surface area contributed by atoms with Crippen molar-refractivity contribution in [3.63, 3.8) is 0 Å². The van der Waals surface area contributed by atoms with Crippen LogP contribution in [0.4, 0.5) is 0 Å². The van der Waals surface area contributed by atoms with Gasteiger partial charge in [-0.1, -0.05) is 37.6 Å². The molecule has 0 aliphatic carbocycles. The van der Waals surface area contributed by atoms with Gasteiger partial charge in [0.15, 0.2) is 6.61 Å². The minimum atomic E-state index is -3.63. The number of carbonyl (C=O) groups excluding carboxylic acids is 2. The smallest absolute Gasteiger partial charge is 0.261 e. The van der Waals surface area contributed by atoms with Crippen molar-refractivity contribution in [1.82, 2.24) is 14.5 Å². The number of sulfonamides is 1. The number of rotatable bonds is 12. The average Bonchev–Trinajstić information content (AvgIpc) is 2.91. The predicted octanol–water partition coefficient (Wildman–Crippen LogP) is 3.32. The van der Waals surface area contributed by atoms with Crippen molar-refractivity contribution in [2.24, 2.45) is 5.92 Å². The largest absolute Gasteiger partial charge is 0.484 e. The van der Waals surface area contributed by atoms with Crippen LogP contribution in [0.1, 0.15) is 32.8 Å². The van der Waals surface area contributed by atoms with Gasteiger partial charge >= 0.3 is 0 Å². The van der Waals surface area contributed by atoms with Crippen molar-refractivity contribution < 1.29 is 27.5 Å². The highest BCUT2D eigenvalue weighted by Crippen LogP contribution is 2.21. The van der Waals surface area contributed by atoms with Crippen molar-refractivity contribution >= 4 is 33.4 Å². The second-order valence-corrected chi connectivity index (χ2v) is 11.9. The number of hydrogen-bond acceptors (Lipinski definition) is 6. The third-order valence-electron chi connectivity index (χ3n) is 6.25. The Morgan fingerprint density at radius 2 is 1.68 bits per heavy atom. The molecule has 1 atom stereocenters. The normalized spacial score (nSPS) is 15.2. The van der Waals surface area contributed by atoms with Gasteiger partial charge in [-0.05, 0) is 61.2 Å². The molecule has 2 aromatic carbocycles. The molecule has 9 nitrogen and oxygen atoms in total. The maximum atomic E-state index is 13.2. The molecule has 1 aliphatic heterocycles. The Balaban J connectivity index is 1.66. The summed E-state index contributed by atoms with van der Waals surface area (Å²) >= 11 is 6.00. The first kappa shape index (κ1) is 29.9. The molecular formula is C27H36ClN3O6S. The van der Waals surface area contributed by atoms with E-state index in [-0.39, 0.29) is 29.9 Å². The molecule has 0 spiro atoms. The van der Waals surface area contributed by atoms with E-state index in [4.69, 9.17) is 21.1 Å². The van der Waals surface area contributed by atoms with Gasteiger partial charge in [0.2, 0.25) is 15.9 Å². The molecule has 208 valence electrons. The molecule has 2 aromatic rings. The van der Waals surface area contributed by atoms with Gasteiger partial charge in [-0.25, -0.2) is 8.42 Å². The van der Waals surface area contributed by atoms with Crippen LogP contribution in [0.2, 0.25) is 5.02 Å². The van der Waals surface area contributed by atoms with E-state index in [2.05, 4.69) is 19.2 Å². The number of halogens is 1. The standard InChI is InChI=1S/C27H36ClN3O6S/c1-20(2)12-13-29-27(33)21(3)31(18-22-4-6-23(28)7-5-22)26(32)19-37-24-8-10-25(11-9-24)38(34,35)30-14-16-36-17-15-30/h4-11,20-21H,12-19H2,1-3H3,(H,29,33). The lowest BCUT2D eigenvalue weighted by Gasteiger charge is -2.29. The number of ether oxygens (including phenoxy) is 2. The van der Waals surface area contributed by atoms with Crippen molar-refractivity contribution in [2.75, 3.05) is 39.5 Å². The summed E-state index contributed by atoms with van der Waals surface area (Å²) in [7, 11) is -3.63. The monoisotopic (exact) mass is 565 g/mol. The Kier molecular flexibility index (Phi) is 11.0. The Hall–Kier alpha value is -2.66. The van der Waals surface area contributed by atoms with Gasteiger partial charge in [0, 0.05) is 31.2 Å². The van der Waals surface area contributed by atoms with E-state index in [1.54, 1.807) is 31.2 Å². The number of nitrogens with zero attached hydrogens (tertiary/aromatic N) is 2. The van der Waals surface area contributed by atoms with Crippen molar-refractivity contribution in [3.05, 3.63) is 59.1 Å². The summed E-state index contributed by atoms with van der Waals surface area (Å²) in [4.78, 5) is 27.7. The van der Waals surface area contributed by atoms with Crippen LogP contribution in [0.15, 0.2) is 53.4 Å². The van der Waals surface area contributed by atoms with Crippen molar-refractivity contribution in [2.45, 2.75) is 44.7 Å². The van der Waals surface area contributed by atoms with E-state index in [1.807, 2.05) is 0 Å². The van der Waals surface area contributed by atoms with E-state index in [1.165, 1.54) is 33.5 Å². The third kappa shape index (κ3) is 8.42. The van der Waals surface area contributed by atoms with Crippen LogP contribution in [0.3, 0.4) is 0 Å². The highest BCUT2D eigenvalue weighted by Gasteiger charge is 2.28. The molecule has 2 amide bonds. The number of benzene rings is 2. The van der Waals surface area contributed by atoms with Gasteiger partial charge in [-0.3, -0.25) is 9.59 Å². The topological polar surface area (TPSA) is 105 Å². The SMILES string of the molecule is CC(C)CCNC(=O)C(C)N(Cc1ccc(Cl)cc1)C(=O)COc1ccc(S(=O)(=O)N2CCOCC2)cc1. The van der Waals surface area contributed by atoms with E-state index < -0.39 is 16.1 Å².